The van der Waals surface area contributed by atoms with Crippen LogP contribution in [0.5, 0.6) is 0 Å². The molecule has 140 valence electrons. The predicted molar refractivity (Wildman–Crippen MR) is 94.1 cm³/mol. The molecule has 0 saturated carbocycles. The standard InChI is InChI=1S/C19H22F3N3O/c1-12(16-8-7-15(21)10-17(16)22)24-19(26)23-11-18(25(2)3)13-5-4-6-14(20)9-13/h4-10,12,18H,11H2,1-3H3,(H2,23,24,26). The number of rotatable bonds is 6. The minimum absolute atomic E-state index is 0.191. The normalized spacial score (nSPS) is 13.3. The largest absolute Gasteiger partial charge is 0.336 e. The van der Waals surface area contributed by atoms with Gasteiger partial charge in [0.25, 0.3) is 0 Å². The molecule has 0 spiro atoms. The van der Waals surface area contributed by atoms with Crippen molar-refractivity contribution < 1.29 is 18.0 Å². The number of carbonyl (C=O) groups excluding carboxylic acids is 1. The minimum Gasteiger partial charge on any atom is -0.336 e. The molecule has 2 unspecified atom stereocenters. The summed E-state index contributed by atoms with van der Waals surface area (Å²) in [5.41, 5.74) is 0.920. The lowest BCUT2D eigenvalue weighted by Crippen LogP contribution is -2.41. The third-order valence-corrected chi connectivity index (χ3v) is 4.09. The lowest BCUT2D eigenvalue weighted by Gasteiger charge is -2.25. The van der Waals surface area contributed by atoms with Crippen molar-refractivity contribution in [2.75, 3.05) is 20.6 Å². The van der Waals surface area contributed by atoms with Gasteiger partial charge in [-0.2, -0.15) is 0 Å². The number of hydrogen-bond acceptors (Lipinski definition) is 2. The Morgan fingerprint density at radius 3 is 2.38 bits per heavy atom. The molecule has 26 heavy (non-hydrogen) atoms. The Labute approximate surface area is 151 Å². The van der Waals surface area contributed by atoms with E-state index in [1.54, 1.807) is 19.1 Å². The first-order chi connectivity index (χ1) is 12.3. The fourth-order valence-corrected chi connectivity index (χ4v) is 2.68. The maximum atomic E-state index is 13.8. The van der Waals surface area contributed by atoms with Gasteiger partial charge in [-0.3, -0.25) is 0 Å². The molecule has 2 atom stereocenters. The monoisotopic (exact) mass is 365 g/mol. The van der Waals surface area contributed by atoms with Crippen molar-refractivity contribution in [3.05, 3.63) is 71.0 Å². The van der Waals surface area contributed by atoms with Crippen LogP contribution < -0.4 is 10.6 Å². The highest BCUT2D eigenvalue weighted by Crippen LogP contribution is 2.19. The first kappa shape index (κ1) is 19.8. The minimum atomic E-state index is -0.719. The summed E-state index contributed by atoms with van der Waals surface area (Å²) in [6.07, 6.45) is 0. The van der Waals surface area contributed by atoms with E-state index < -0.39 is 23.7 Å². The number of benzene rings is 2. The molecule has 2 aromatic carbocycles. The summed E-state index contributed by atoms with van der Waals surface area (Å²) in [6, 6.07) is 8.02. The van der Waals surface area contributed by atoms with E-state index in [9.17, 15) is 18.0 Å². The Morgan fingerprint density at radius 1 is 1.08 bits per heavy atom. The van der Waals surface area contributed by atoms with Gasteiger partial charge in [-0.05, 0) is 44.8 Å². The van der Waals surface area contributed by atoms with Gasteiger partial charge in [-0.15, -0.1) is 0 Å². The van der Waals surface area contributed by atoms with Crippen molar-refractivity contribution in [3.8, 4) is 0 Å². The van der Waals surface area contributed by atoms with Crippen molar-refractivity contribution in [3.63, 3.8) is 0 Å². The van der Waals surface area contributed by atoms with Gasteiger partial charge in [0.2, 0.25) is 0 Å². The Bertz CT molecular complexity index is 767. The van der Waals surface area contributed by atoms with Crippen LogP contribution in [0.4, 0.5) is 18.0 Å². The lowest BCUT2D eigenvalue weighted by atomic mass is 10.1. The molecule has 0 heterocycles. The van der Waals surface area contributed by atoms with Gasteiger partial charge in [-0.1, -0.05) is 18.2 Å². The second-order valence-electron chi connectivity index (χ2n) is 6.28. The first-order valence-corrected chi connectivity index (χ1v) is 8.19. The fourth-order valence-electron chi connectivity index (χ4n) is 2.68. The Hall–Kier alpha value is -2.54. The zero-order chi connectivity index (χ0) is 19.3. The van der Waals surface area contributed by atoms with E-state index in [0.717, 1.165) is 17.7 Å². The van der Waals surface area contributed by atoms with Gasteiger partial charge in [0.15, 0.2) is 0 Å². The van der Waals surface area contributed by atoms with Crippen LogP contribution in [-0.2, 0) is 0 Å². The number of likely N-dealkylation sites (N-methyl/N-ethyl adjacent to an activating group) is 1. The highest BCUT2D eigenvalue weighted by atomic mass is 19.1. The molecule has 2 N–H and O–H groups in total. The summed E-state index contributed by atoms with van der Waals surface area (Å²) in [6.45, 7) is 1.84. The predicted octanol–water partition coefficient (Wildman–Crippen LogP) is 3.77. The van der Waals surface area contributed by atoms with E-state index in [4.69, 9.17) is 0 Å². The molecule has 0 aromatic heterocycles. The number of urea groups is 1. The number of nitrogens with zero attached hydrogens (tertiary/aromatic N) is 1. The van der Waals surface area contributed by atoms with E-state index in [0.29, 0.717) is 0 Å². The molecule has 0 fully saturated rings. The average molecular weight is 365 g/mol. The fraction of sp³-hybridized carbons (Fsp3) is 0.316. The van der Waals surface area contributed by atoms with E-state index in [-0.39, 0.29) is 24.0 Å². The molecule has 2 rings (SSSR count). The smallest absolute Gasteiger partial charge is 0.315 e. The van der Waals surface area contributed by atoms with Crippen LogP contribution in [-0.4, -0.2) is 31.6 Å². The van der Waals surface area contributed by atoms with Gasteiger partial charge in [0.1, 0.15) is 17.5 Å². The number of amides is 2. The molecular weight excluding hydrogens is 343 g/mol. The van der Waals surface area contributed by atoms with E-state index in [2.05, 4.69) is 10.6 Å². The maximum Gasteiger partial charge on any atom is 0.315 e. The van der Waals surface area contributed by atoms with Gasteiger partial charge in [0, 0.05) is 18.2 Å². The van der Waals surface area contributed by atoms with Crippen molar-refractivity contribution in [2.45, 2.75) is 19.0 Å². The molecule has 7 heteroatoms. The number of carbonyl (C=O) groups is 1. The number of nitrogens with one attached hydrogen (secondary N) is 2. The Kier molecular flexibility index (Phi) is 6.63. The first-order valence-electron chi connectivity index (χ1n) is 8.19. The highest BCUT2D eigenvalue weighted by molar-refractivity contribution is 5.74. The quantitative estimate of drug-likeness (QED) is 0.819. The highest BCUT2D eigenvalue weighted by Gasteiger charge is 2.18. The zero-order valence-electron chi connectivity index (χ0n) is 14.9. The molecular formula is C19H22F3N3O. The maximum absolute atomic E-state index is 13.8. The second kappa shape index (κ2) is 8.71. The average Bonchev–Trinajstić information content (AvgIpc) is 2.54. The van der Waals surface area contributed by atoms with Crippen LogP contribution in [0.1, 0.15) is 30.1 Å². The molecule has 0 radical (unpaired) electrons. The SMILES string of the molecule is CC(NC(=O)NCC(c1cccc(F)c1)N(C)C)c1ccc(F)cc1F. The summed E-state index contributed by atoms with van der Waals surface area (Å²) in [5.74, 6) is -1.74. The van der Waals surface area contributed by atoms with E-state index in [1.807, 2.05) is 19.0 Å². The van der Waals surface area contributed by atoms with Crippen LogP contribution in [0.2, 0.25) is 0 Å². The molecule has 2 amide bonds. The van der Waals surface area contributed by atoms with Crippen LogP contribution in [0.15, 0.2) is 42.5 Å². The van der Waals surface area contributed by atoms with Crippen LogP contribution in [0.3, 0.4) is 0 Å². The molecule has 0 aliphatic carbocycles. The van der Waals surface area contributed by atoms with E-state index >= 15 is 0 Å². The summed E-state index contributed by atoms with van der Waals surface area (Å²) >= 11 is 0. The third-order valence-electron chi connectivity index (χ3n) is 4.09. The molecule has 0 saturated heterocycles. The Morgan fingerprint density at radius 2 is 1.77 bits per heavy atom. The van der Waals surface area contributed by atoms with Gasteiger partial charge >= 0.3 is 6.03 Å². The molecule has 0 aliphatic heterocycles. The van der Waals surface area contributed by atoms with Gasteiger partial charge < -0.3 is 15.5 Å². The second-order valence-corrected chi connectivity index (χ2v) is 6.28. The molecule has 2 aromatic rings. The molecule has 0 aliphatic rings. The summed E-state index contributed by atoms with van der Waals surface area (Å²) in [7, 11) is 3.65. The third kappa shape index (κ3) is 5.23. The van der Waals surface area contributed by atoms with Crippen LogP contribution >= 0.6 is 0 Å². The topological polar surface area (TPSA) is 44.4 Å². The number of halogens is 3. The van der Waals surface area contributed by atoms with Crippen LogP contribution in [0, 0.1) is 17.5 Å². The molecule has 4 nitrogen and oxygen atoms in total. The Balaban J connectivity index is 1.97. The summed E-state index contributed by atoms with van der Waals surface area (Å²) < 4.78 is 40.2. The molecule has 0 bridgehead atoms. The van der Waals surface area contributed by atoms with Crippen molar-refractivity contribution in [1.29, 1.82) is 0 Å². The lowest BCUT2D eigenvalue weighted by molar-refractivity contribution is 0.230. The van der Waals surface area contributed by atoms with Gasteiger partial charge in [-0.25, -0.2) is 18.0 Å². The van der Waals surface area contributed by atoms with Crippen molar-refractivity contribution in [2.24, 2.45) is 0 Å². The van der Waals surface area contributed by atoms with E-state index in [1.165, 1.54) is 18.2 Å². The number of hydrogen-bond donors (Lipinski definition) is 2. The summed E-state index contributed by atoms with van der Waals surface area (Å²) in [5, 5.41) is 5.31. The zero-order valence-corrected chi connectivity index (χ0v) is 14.9. The van der Waals surface area contributed by atoms with Gasteiger partial charge in [0.05, 0.1) is 12.1 Å². The summed E-state index contributed by atoms with van der Waals surface area (Å²) in [4.78, 5) is 14.0. The van der Waals surface area contributed by atoms with Crippen molar-refractivity contribution >= 4 is 6.03 Å². The van der Waals surface area contributed by atoms with Crippen LogP contribution in [0.25, 0.3) is 0 Å². The van der Waals surface area contributed by atoms with Crippen molar-refractivity contribution in [1.82, 2.24) is 15.5 Å².